The molecule has 7 heteroatoms. The normalized spacial score (nSPS) is 10.6. The molecule has 29 heavy (non-hydrogen) atoms. The Morgan fingerprint density at radius 3 is 2.34 bits per heavy atom. The number of amides is 2. The number of halogens is 1. The fraction of sp³-hybridized carbons (Fsp3) is 0.227. The van der Waals surface area contributed by atoms with Crippen molar-refractivity contribution in [2.75, 3.05) is 11.9 Å². The molecule has 3 rings (SSSR count). The van der Waals surface area contributed by atoms with E-state index in [1.165, 1.54) is 24.3 Å². The van der Waals surface area contributed by atoms with Gasteiger partial charge in [0.2, 0.25) is 11.8 Å². The Morgan fingerprint density at radius 1 is 1.00 bits per heavy atom. The highest BCUT2D eigenvalue weighted by Crippen LogP contribution is 2.21. The highest BCUT2D eigenvalue weighted by molar-refractivity contribution is 7.09. The Labute approximate surface area is 173 Å². The van der Waals surface area contributed by atoms with E-state index in [9.17, 15) is 14.0 Å². The first kappa shape index (κ1) is 20.7. The number of aromatic nitrogens is 1. The Bertz CT molecular complexity index is 968. The smallest absolute Gasteiger partial charge is 0.224 e. The van der Waals surface area contributed by atoms with Crippen molar-refractivity contribution in [3.05, 3.63) is 70.3 Å². The first-order chi connectivity index (χ1) is 14.0. The number of thiazole rings is 1. The van der Waals surface area contributed by atoms with Gasteiger partial charge in [-0.15, -0.1) is 11.3 Å². The predicted molar refractivity (Wildman–Crippen MR) is 113 cm³/mol. The minimum atomic E-state index is -0.366. The van der Waals surface area contributed by atoms with E-state index < -0.39 is 0 Å². The van der Waals surface area contributed by atoms with Crippen LogP contribution >= 0.6 is 11.3 Å². The van der Waals surface area contributed by atoms with Gasteiger partial charge in [0.15, 0.2) is 0 Å². The number of nitrogens with zero attached hydrogens (tertiary/aromatic N) is 1. The number of carbonyl (C=O) groups excluding carboxylic acids is 2. The summed E-state index contributed by atoms with van der Waals surface area (Å²) in [7, 11) is 0. The molecular formula is C22H22FN3O2S. The molecule has 0 unspecified atom stereocenters. The standard InChI is InChI=1S/C22H22FN3O2S/c1-15-25-20(14-29-15)17-4-2-16(3-5-17)12-13-24-21(27)10-11-22(28)26-19-8-6-18(23)7-9-19/h2-9,14H,10-13H2,1H3,(H,24,27)(H,26,28). The SMILES string of the molecule is Cc1nc(-c2ccc(CCNC(=O)CCC(=O)Nc3ccc(F)cc3)cc2)cs1. The molecule has 0 atom stereocenters. The van der Waals surface area contributed by atoms with Crippen LogP contribution in [0.1, 0.15) is 23.4 Å². The fourth-order valence-corrected chi connectivity index (χ4v) is 3.38. The summed E-state index contributed by atoms with van der Waals surface area (Å²) in [6.45, 7) is 2.49. The van der Waals surface area contributed by atoms with Crippen LogP contribution in [0.2, 0.25) is 0 Å². The quantitative estimate of drug-likeness (QED) is 0.579. The molecule has 0 aliphatic heterocycles. The summed E-state index contributed by atoms with van der Waals surface area (Å²) in [6.07, 6.45) is 0.893. The minimum absolute atomic E-state index is 0.0744. The second-order valence-corrected chi connectivity index (χ2v) is 7.67. The first-order valence-corrected chi connectivity index (χ1v) is 10.2. The van der Waals surface area contributed by atoms with E-state index in [2.05, 4.69) is 15.6 Å². The lowest BCUT2D eigenvalue weighted by molar-refractivity contribution is -0.124. The van der Waals surface area contributed by atoms with E-state index in [-0.39, 0.29) is 30.5 Å². The summed E-state index contributed by atoms with van der Waals surface area (Å²) in [6, 6.07) is 13.6. The van der Waals surface area contributed by atoms with Crippen molar-refractivity contribution in [2.24, 2.45) is 0 Å². The molecular weight excluding hydrogens is 389 g/mol. The van der Waals surface area contributed by atoms with Gasteiger partial charge in [-0.1, -0.05) is 24.3 Å². The van der Waals surface area contributed by atoms with E-state index in [0.717, 1.165) is 21.8 Å². The molecule has 150 valence electrons. The third kappa shape index (κ3) is 6.50. The number of nitrogens with one attached hydrogen (secondary N) is 2. The first-order valence-electron chi connectivity index (χ1n) is 9.33. The number of anilines is 1. The minimum Gasteiger partial charge on any atom is -0.356 e. The summed E-state index contributed by atoms with van der Waals surface area (Å²) >= 11 is 1.63. The molecule has 1 heterocycles. The van der Waals surface area contributed by atoms with E-state index >= 15 is 0 Å². The topological polar surface area (TPSA) is 71.1 Å². The van der Waals surface area contributed by atoms with Gasteiger partial charge >= 0.3 is 0 Å². The van der Waals surface area contributed by atoms with E-state index in [4.69, 9.17) is 0 Å². The van der Waals surface area contributed by atoms with Crippen molar-refractivity contribution in [1.82, 2.24) is 10.3 Å². The van der Waals surface area contributed by atoms with Gasteiger partial charge in [-0.2, -0.15) is 0 Å². The van der Waals surface area contributed by atoms with Crippen molar-refractivity contribution in [2.45, 2.75) is 26.2 Å². The van der Waals surface area contributed by atoms with Crippen molar-refractivity contribution in [3.63, 3.8) is 0 Å². The zero-order valence-electron chi connectivity index (χ0n) is 16.1. The monoisotopic (exact) mass is 411 g/mol. The molecule has 2 N–H and O–H groups in total. The Hall–Kier alpha value is -3.06. The fourth-order valence-electron chi connectivity index (χ4n) is 2.76. The molecule has 0 aliphatic carbocycles. The van der Waals surface area contributed by atoms with Crippen molar-refractivity contribution < 1.29 is 14.0 Å². The van der Waals surface area contributed by atoms with Gasteiger partial charge in [0.25, 0.3) is 0 Å². The van der Waals surface area contributed by atoms with Crippen LogP contribution < -0.4 is 10.6 Å². The van der Waals surface area contributed by atoms with Crippen molar-refractivity contribution in [1.29, 1.82) is 0 Å². The third-order valence-corrected chi connectivity index (χ3v) is 5.09. The van der Waals surface area contributed by atoms with Crippen LogP contribution in [0.5, 0.6) is 0 Å². The number of benzene rings is 2. The van der Waals surface area contributed by atoms with Crippen LogP contribution in [0.4, 0.5) is 10.1 Å². The number of rotatable bonds is 8. The summed E-state index contributed by atoms with van der Waals surface area (Å²) in [5.41, 5.74) is 3.68. The lowest BCUT2D eigenvalue weighted by atomic mass is 10.1. The van der Waals surface area contributed by atoms with Crippen LogP contribution in [0.15, 0.2) is 53.9 Å². The van der Waals surface area contributed by atoms with Gasteiger partial charge in [-0.3, -0.25) is 9.59 Å². The molecule has 3 aromatic rings. The molecule has 0 spiro atoms. The molecule has 2 amide bonds. The molecule has 0 saturated heterocycles. The second-order valence-electron chi connectivity index (χ2n) is 6.60. The van der Waals surface area contributed by atoms with E-state index in [1.807, 2.05) is 36.6 Å². The predicted octanol–water partition coefficient (Wildman–Crippen LogP) is 4.34. The van der Waals surface area contributed by atoms with Gasteiger partial charge in [0.05, 0.1) is 10.7 Å². The van der Waals surface area contributed by atoms with Gasteiger partial charge in [-0.25, -0.2) is 9.37 Å². The van der Waals surface area contributed by atoms with Crippen LogP contribution in [0, 0.1) is 12.7 Å². The number of aryl methyl sites for hydroxylation is 1. The zero-order valence-corrected chi connectivity index (χ0v) is 16.9. The Kier molecular flexibility index (Phi) is 7.08. The zero-order chi connectivity index (χ0) is 20.6. The highest BCUT2D eigenvalue weighted by Gasteiger charge is 2.08. The molecule has 1 aromatic heterocycles. The lowest BCUT2D eigenvalue weighted by Crippen LogP contribution is -2.26. The summed E-state index contributed by atoms with van der Waals surface area (Å²) in [4.78, 5) is 28.3. The van der Waals surface area contributed by atoms with Gasteiger partial charge in [0.1, 0.15) is 5.82 Å². The van der Waals surface area contributed by atoms with Gasteiger partial charge in [-0.05, 0) is 43.2 Å². The molecule has 0 fully saturated rings. The average Bonchev–Trinajstić information content (AvgIpc) is 3.15. The number of hydrogen-bond acceptors (Lipinski definition) is 4. The van der Waals surface area contributed by atoms with Crippen LogP contribution in [-0.4, -0.2) is 23.3 Å². The van der Waals surface area contributed by atoms with Crippen LogP contribution in [0.25, 0.3) is 11.3 Å². The number of hydrogen-bond donors (Lipinski definition) is 2. The van der Waals surface area contributed by atoms with Gasteiger partial charge in [0, 0.05) is 36.0 Å². The van der Waals surface area contributed by atoms with Crippen LogP contribution in [-0.2, 0) is 16.0 Å². The largest absolute Gasteiger partial charge is 0.356 e. The van der Waals surface area contributed by atoms with Crippen molar-refractivity contribution >= 4 is 28.8 Å². The maximum Gasteiger partial charge on any atom is 0.224 e. The Balaban J connectivity index is 1.36. The third-order valence-electron chi connectivity index (χ3n) is 4.31. The Morgan fingerprint density at radius 2 is 1.69 bits per heavy atom. The lowest BCUT2D eigenvalue weighted by Gasteiger charge is -2.07. The van der Waals surface area contributed by atoms with E-state index in [0.29, 0.717) is 18.7 Å². The van der Waals surface area contributed by atoms with Gasteiger partial charge < -0.3 is 10.6 Å². The maximum atomic E-state index is 12.8. The number of carbonyl (C=O) groups is 2. The molecule has 0 bridgehead atoms. The average molecular weight is 412 g/mol. The highest BCUT2D eigenvalue weighted by atomic mass is 32.1. The van der Waals surface area contributed by atoms with Crippen LogP contribution in [0.3, 0.4) is 0 Å². The molecule has 5 nitrogen and oxygen atoms in total. The summed E-state index contributed by atoms with van der Waals surface area (Å²) in [5, 5.41) is 8.54. The molecule has 0 radical (unpaired) electrons. The maximum absolute atomic E-state index is 12.8. The van der Waals surface area contributed by atoms with Crippen molar-refractivity contribution in [3.8, 4) is 11.3 Å². The molecule has 0 saturated carbocycles. The van der Waals surface area contributed by atoms with E-state index in [1.54, 1.807) is 11.3 Å². The molecule has 0 aliphatic rings. The summed E-state index contributed by atoms with van der Waals surface area (Å²) < 4.78 is 12.8. The summed E-state index contributed by atoms with van der Waals surface area (Å²) in [5.74, 6) is -0.816. The molecule has 2 aromatic carbocycles. The second kappa shape index (κ2) is 9.93.